The number of rotatable bonds is 6. The van der Waals surface area contributed by atoms with Crippen LogP contribution in [0.25, 0.3) is 0 Å². The molecule has 25 heavy (non-hydrogen) atoms. The summed E-state index contributed by atoms with van der Waals surface area (Å²) < 4.78 is 26.1. The molecule has 2 saturated carbocycles. The maximum absolute atomic E-state index is 14.0. The van der Waals surface area contributed by atoms with Gasteiger partial charge in [-0.2, -0.15) is 0 Å². The summed E-state index contributed by atoms with van der Waals surface area (Å²) in [5.74, 6) is 0.916. The van der Waals surface area contributed by atoms with Gasteiger partial charge in [0.05, 0.1) is 12.2 Å². The molecule has 2 nitrogen and oxygen atoms in total. The second kappa shape index (κ2) is 6.73. The Kier molecular flexibility index (Phi) is 4.59. The molecule has 0 N–H and O–H groups in total. The Morgan fingerprint density at radius 2 is 1.72 bits per heavy atom. The largest absolute Gasteiger partial charge is 0.457 e. The summed E-state index contributed by atoms with van der Waals surface area (Å²) in [6, 6.07) is 14.3. The van der Waals surface area contributed by atoms with Gasteiger partial charge in [0.25, 0.3) is 0 Å². The standard InChI is InChI=1S/C21H22BrFO2/c22-15-20-6-8-21(14-20,9-7-20)24-13-16-10-17(23)12-19(11-16)25-18-4-2-1-3-5-18/h1-5,10-12H,6-9,13-15H2. The number of ether oxygens (including phenoxy) is 2. The third-order valence-corrected chi connectivity index (χ3v) is 6.85. The molecule has 0 amide bonds. The molecule has 4 rings (SSSR count). The Hall–Kier alpha value is -1.39. The Morgan fingerprint density at radius 3 is 2.40 bits per heavy atom. The molecule has 0 aliphatic heterocycles. The second-order valence-corrected chi connectivity index (χ2v) is 8.05. The number of hydrogen-bond donors (Lipinski definition) is 0. The van der Waals surface area contributed by atoms with E-state index in [1.54, 1.807) is 0 Å². The molecule has 132 valence electrons. The number of hydrogen-bond acceptors (Lipinski definition) is 2. The van der Waals surface area contributed by atoms with Crippen molar-refractivity contribution in [2.24, 2.45) is 5.41 Å². The molecule has 0 radical (unpaired) electrons. The van der Waals surface area contributed by atoms with E-state index in [1.165, 1.54) is 25.0 Å². The minimum Gasteiger partial charge on any atom is -0.457 e. The smallest absolute Gasteiger partial charge is 0.130 e. The van der Waals surface area contributed by atoms with Crippen molar-refractivity contribution in [3.63, 3.8) is 0 Å². The molecule has 0 unspecified atom stereocenters. The predicted molar refractivity (Wildman–Crippen MR) is 99.7 cm³/mol. The summed E-state index contributed by atoms with van der Waals surface area (Å²) in [6.45, 7) is 0.432. The first kappa shape index (κ1) is 17.0. The molecule has 2 aliphatic rings. The number of para-hydroxylation sites is 1. The van der Waals surface area contributed by atoms with Crippen molar-refractivity contribution < 1.29 is 13.9 Å². The topological polar surface area (TPSA) is 18.5 Å². The minimum atomic E-state index is -0.294. The molecule has 2 bridgehead atoms. The molecule has 0 aromatic heterocycles. The Labute approximate surface area is 156 Å². The summed E-state index contributed by atoms with van der Waals surface area (Å²) in [5.41, 5.74) is 1.23. The first-order chi connectivity index (χ1) is 12.1. The van der Waals surface area contributed by atoms with Crippen LogP contribution in [0.2, 0.25) is 0 Å². The molecular formula is C21H22BrFO2. The molecule has 2 aromatic carbocycles. The van der Waals surface area contributed by atoms with Gasteiger partial charge in [-0.05, 0) is 67.3 Å². The fraction of sp³-hybridized carbons (Fsp3) is 0.429. The highest BCUT2D eigenvalue weighted by molar-refractivity contribution is 9.09. The van der Waals surface area contributed by atoms with Crippen molar-refractivity contribution in [1.82, 2.24) is 0 Å². The van der Waals surface area contributed by atoms with E-state index in [0.717, 1.165) is 30.2 Å². The maximum atomic E-state index is 14.0. The number of benzene rings is 2. The summed E-state index contributed by atoms with van der Waals surface area (Å²) >= 11 is 3.67. The first-order valence-corrected chi connectivity index (χ1v) is 9.95. The van der Waals surface area contributed by atoms with Crippen molar-refractivity contribution in [1.29, 1.82) is 0 Å². The average molecular weight is 405 g/mol. The van der Waals surface area contributed by atoms with Crippen LogP contribution in [0.1, 0.15) is 37.7 Å². The van der Waals surface area contributed by atoms with E-state index < -0.39 is 0 Å². The lowest BCUT2D eigenvalue weighted by Crippen LogP contribution is -2.26. The fourth-order valence-electron chi connectivity index (χ4n) is 4.27. The third kappa shape index (κ3) is 3.61. The highest BCUT2D eigenvalue weighted by Gasteiger charge is 2.54. The molecular weight excluding hydrogens is 383 g/mol. The van der Waals surface area contributed by atoms with E-state index in [1.807, 2.05) is 36.4 Å². The van der Waals surface area contributed by atoms with Gasteiger partial charge in [-0.1, -0.05) is 34.1 Å². The quantitative estimate of drug-likeness (QED) is 0.531. The number of halogens is 2. The van der Waals surface area contributed by atoms with Crippen LogP contribution < -0.4 is 4.74 Å². The SMILES string of the molecule is Fc1cc(COC23CCC(CBr)(CC2)C3)cc(Oc2ccccc2)c1. The summed E-state index contributed by atoms with van der Waals surface area (Å²) in [4.78, 5) is 0. The average Bonchev–Trinajstić information content (AvgIpc) is 3.18. The zero-order valence-electron chi connectivity index (χ0n) is 14.1. The van der Waals surface area contributed by atoms with Gasteiger partial charge in [-0.3, -0.25) is 0 Å². The van der Waals surface area contributed by atoms with Gasteiger partial charge in [0.15, 0.2) is 0 Å². The van der Waals surface area contributed by atoms with Crippen molar-refractivity contribution >= 4 is 15.9 Å². The second-order valence-electron chi connectivity index (χ2n) is 7.49. The summed E-state index contributed by atoms with van der Waals surface area (Å²) in [5, 5.41) is 1.06. The van der Waals surface area contributed by atoms with E-state index in [-0.39, 0.29) is 11.4 Å². The van der Waals surface area contributed by atoms with Gasteiger partial charge < -0.3 is 9.47 Å². The van der Waals surface area contributed by atoms with Crippen molar-refractivity contribution in [2.45, 2.75) is 44.3 Å². The van der Waals surface area contributed by atoms with Gasteiger partial charge >= 0.3 is 0 Å². The highest BCUT2D eigenvalue weighted by atomic mass is 79.9. The van der Waals surface area contributed by atoms with Gasteiger partial charge in [0.1, 0.15) is 17.3 Å². The van der Waals surface area contributed by atoms with E-state index in [0.29, 0.717) is 23.5 Å². The van der Waals surface area contributed by atoms with Crippen molar-refractivity contribution in [2.75, 3.05) is 5.33 Å². The van der Waals surface area contributed by atoms with Crippen LogP contribution >= 0.6 is 15.9 Å². The lowest BCUT2D eigenvalue weighted by molar-refractivity contribution is -0.0486. The highest BCUT2D eigenvalue weighted by Crippen LogP contribution is 2.59. The van der Waals surface area contributed by atoms with Gasteiger partial charge in [0, 0.05) is 11.4 Å². The van der Waals surface area contributed by atoms with Crippen LogP contribution in [-0.2, 0) is 11.3 Å². The zero-order chi connectivity index (χ0) is 17.3. The fourth-order valence-corrected chi connectivity index (χ4v) is 5.03. The van der Waals surface area contributed by atoms with Crippen LogP contribution in [0, 0.1) is 11.2 Å². The van der Waals surface area contributed by atoms with Crippen LogP contribution in [-0.4, -0.2) is 10.9 Å². The van der Waals surface area contributed by atoms with Crippen LogP contribution in [0.4, 0.5) is 4.39 Å². The van der Waals surface area contributed by atoms with Crippen LogP contribution in [0.15, 0.2) is 48.5 Å². The molecule has 2 aromatic rings. The van der Waals surface area contributed by atoms with E-state index in [9.17, 15) is 4.39 Å². The normalized spacial score (nSPS) is 27.6. The van der Waals surface area contributed by atoms with Gasteiger partial charge in [-0.15, -0.1) is 0 Å². The van der Waals surface area contributed by atoms with Gasteiger partial charge in [-0.25, -0.2) is 4.39 Å². The summed E-state index contributed by atoms with van der Waals surface area (Å²) in [7, 11) is 0. The molecule has 0 saturated heterocycles. The molecule has 2 fully saturated rings. The third-order valence-electron chi connectivity index (χ3n) is 5.66. The monoisotopic (exact) mass is 404 g/mol. The van der Waals surface area contributed by atoms with Gasteiger partial charge in [0.2, 0.25) is 0 Å². The van der Waals surface area contributed by atoms with Crippen molar-refractivity contribution in [3.05, 3.63) is 59.9 Å². The Balaban J connectivity index is 1.45. The predicted octanol–water partition coefficient (Wildman–Crippen LogP) is 6.23. The van der Waals surface area contributed by atoms with Crippen LogP contribution in [0.5, 0.6) is 11.5 Å². The molecule has 4 heteroatoms. The van der Waals surface area contributed by atoms with E-state index in [4.69, 9.17) is 9.47 Å². The lowest BCUT2D eigenvalue weighted by atomic mass is 9.86. The number of fused-ring (bicyclic) bond motifs is 2. The Bertz CT molecular complexity index is 739. The lowest BCUT2D eigenvalue weighted by Gasteiger charge is -2.27. The molecule has 2 aliphatic carbocycles. The van der Waals surface area contributed by atoms with Crippen LogP contribution in [0.3, 0.4) is 0 Å². The molecule has 0 spiro atoms. The maximum Gasteiger partial charge on any atom is 0.130 e. The molecule has 0 heterocycles. The van der Waals surface area contributed by atoms with Crippen molar-refractivity contribution in [3.8, 4) is 11.5 Å². The number of alkyl halides is 1. The summed E-state index contributed by atoms with van der Waals surface area (Å²) in [6.07, 6.45) is 5.80. The molecule has 0 atom stereocenters. The van der Waals surface area contributed by atoms with E-state index >= 15 is 0 Å². The zero-order valence-corrected chi connectivity index (χ0v) is 15.7. The minimum absolute atomic E-state index is 0.0134. The van der Waals surface area contributed by atoms with E-state index in [2.05, 4.69) is 15.9 Å². The Morgan fingerprint density at radius 1 is 0.960 bits per heavy atom. The first-order valence-electron chi connectivity index (χ1n) is 8.83.